The van der Waals surface area contributed by atoms with Crippen LogP contribution in [0.4, 0.5) is 4.39 Å². The van der Waals surface area contributed by atoms with Crippen molar-refractivity contribution in [2.24, 2.45) is 11.5 Å². The highest BCUT2D eigenvalue weighted by Crippen LogP contribution is 2.40. The van der Waals surface area contributed by atoms with Gasteiger partial charge in [0.1, 0.15) is 11.5 Å². The van der Waals surface area contributed by atoms with E-state index in [-0.39, 0.29) is 24.0 Å². The van der Waals surface area contributed by atoms with Crippen LogP contribution in [0.2, 0.25) is 0 Å². The van der Waals surface area contributed by atoms with Crippen LogP contribution in [0.25, 0.3) is 0 Å². The summed E-state index contributed by atoms with van der Waals surface area (Å²) in [5, 5.41) is 6.79. The lowest BCUT2D eigenvalue weighted by Crippen LogP contribution is -2.43. The summed E-state index contributed by atoms with van der Waals surface area (Å²) in [5.41, 5.74) is 14.0. The molecule has 0 spiro atoms. The molecule has 1 saturated heterocycles. The van der Waals surface area contributed by atoms with Gasteiger partial charge < -0.3 is 27.0 Å². The molecule has 0 bridgehead atoms. The largest absolute Gasteiger partial charge is 0.403 e. The van der Waals surface area contributed by atoms with E-state index in [0.29, 0.717) is 25.2 Å². The quantitative estimate of drug-likeness (QED) is 0.545. The second-order valence-electron chi connectivity index (χ2n) is 7.01. The molecule has 4 aliphatic heterocycles. The Hall–Kier alpha value is -1.97. The second kappa shape index (κ2) is 7.57. The number of hydrogen-bond acceptors (Lipinski definition) is 7. The Morgan fingerprint density at radius 1 is 1.44 bits per heavy atom. The number of dihydropyridines is 1. The predicted molar refractivity (Wildman–Crippen MR) is 104 cm³/mol. The molecule has 0 aromatic carbocycles. The SMILES string of the molecule is N/C=C(\CN)N1CCC2=C(SC(C3=CNC(N4CCC(F)C4)C=C3)N2)C1=O. The van der Waals surface area contributed by atoms with Crippen LogP contribution in [0.5, 0.6) is 0 Å². The van der Waals surface area contributed by atoms with Gasteiger partial charge in [-0.3, -0.25) is 9.69 Å². The van der Waals surface area contributed by atoms with Crippen molar-refractivity contribution in [2.75, 3.05) is 26.2 Å². The monoisotopic (exact) mass is 392 g/mol. The molecule has 0 radical (unpaired) electrons. The minimum atomic E-state index is -0.733. The standard InChI is InChI=1S/C18H25FN6OS/c19-12-3-5-24(10-12)15-2-1-11(9-22-15)17-23-14-4-6-25(13(7-20)8-21)18(26)16(14)27-17/h1-2,7,9,12,15,17,22-23H,3-6,8,10,20-21H2/b13-7+. The molecule has 0 aromatic heterocycles. The summed E-state index contributed by atoms with van der Waals surface area (Å²) in [6.45, 7) is 2.05. The highest BCUT2D eigenvalue weighted by atomic mass is 32.2. The zero-order valence-electron chi connectivity index (χ0n) is 15.0. The predicted octanol–water partition coefficient (Wildman–Crippen LogP) is 0.265. The molecular weight excluding hydrogens is 367 g/mol. The van der Waals surface area contributed by atoms with Gasteiger partial charge in [-0.2, -0.15) is 0 Å². The van der Waals surface area contributed by atoms with Gasteiger partial charge in [0.15, 0.2) is 0 Å². The zero-order chi connectivity index (χ0) is 19.0. The molecular formula is C18H25FN6OS. The van der Waals surface area contributed by atoms with Gasteiger partial charge in [-0.1, -0.05) is 17.8 Å². The van der Waals surface area contributed by atoms with Crippen molar-refractivity contribution in [2.45, 2.75) is 30.6 Å². The molecule has 1 amide bonds. The molecule has 4 rings (SSSR count). The van der Waals surface area contributed by atoms with Crippen molar-refractivity contribution in [3.63, 3.8) is 0 Å². The van der Waals surface area contributed by atoms with Gasteiger partial charge in [-0.05, 0) is 12.5 Å². The van der Waals surface area contributed by atoms with Gasteiger partial charge in [-0.25, -0.2) is 4.39 Å². The van der Waals surface area contributed by atoms with E-state index in [1.54, 1.807) is 4.90 Å². The molecule has 0 saturated carbocycles. The molecule has 146 valence electrons. The smallest absolute Gasteiger partial charge is 0.266 e. The first-order valence-corrected chi connectivity index (χ1v) is 10.1. The summed E-state index contributed by atoms with van der Waals surface area (Å²) in [6, 6.07) is 0. The number of nitrogens with one attached hydrogen (secondary N) is 2. The van der Waals surface area contributed by atoms with Gasteiger partial charge in [0.2, 0.25) is 0 Å². The third-order valence-corrected chi connectivity index (χ3v) is 6.62. The Bertz CT molecular complexity index is 748. The lowest BCUT2D eigenvalue weighted by atomic mass is 10.1. The third-order valence-electron chi connectivity index (χ3n) is 5.34. The topological polar surface area (TPSA) is 99.7 Å². The number of amides is 1. The fourth-order valence-corrected chi connectivity index (χ4v) is 5.06. The van der Waals surface area contributed by atoms with Gasteiger partial charge in [0.05, 0.1) is 16.8 Å². The Kier molecular flexibility index (Phi) is 5.16. The molecule has 0 aromatic rings. The van der Waals surface area contributed by atoms with Gasteiger partial charge >= 0.3 is 0 Å². The van der Waals surface area contributed by atoms with Crippen molar-refractivity contribution in [3.05, 3.63) is 46.4 Å². The molecule has 3 atom stereocenters. The zero-order valence-corrected chi connectivity index (χ0v) is 15.8. The molecule has 4 aliphatic rings. The molecule has 27 heavy (non-hydrogen) atoms. The number of rotatable bonds is 4. The molecule has 1 fully saturated rings. The number of carbonyl (C=O) groups excluding carboxylic acids is 1. The number of carbonyl (C=O) groups is 1. The average molecular weight is 393 g/mol. The number of thioether (sulfide) groups is 1. The van der Waals surface area contributed by atoms with E-state index < -0.39 is 6.17 Å². The van der Waals surface area contributed by atoms with E-state index in [4.69, 9.17) is 11.5 Å². The lowest BCUT2D eigenvalue weighted by Gasteiger charge is -2.28. The van der Waals surface area contributed by atoms with E-state index in [0.717, 1.165) is 29.1 Å². The highest BCUT2D eigenvalue weighted by molar-refractivity contribution is 8.05. The first-order chi connectivity index (χ1) is 13.1. The van der Waals surface area contributed by atoms with Crippen molar-refractivity contribution < 1.29 is 9.18 Å². The molecule has 6 N–H and O–H groups in total. The van der Waals surface area contributed by atoms with E-state index in [2.05, 4.69) is 27.7 Å². The van der Waals surface area contributed by atoms with Gasteiger partial charge in [-0.15, -0.1) is 0 Å². The normalized spacial score (nSPS) is 31.7. The fraction of sp³-hybridized carbons (Fsp3) is 0.500. The fourth-order valence-electron chi connectivity index (χ4n) is 3.82. The Morgan fingerprint density at radius 2 is 2.30 bits per heavy atom. The average Bonchev–Trinajstić information content (AvgIpc) is 3.31. The number of likely N-dealkylation sites (tertiary alicyclic amines) is 1. The molecule has 3 unspecified atom stereocenters. The molecule has 0 aliphatic carbocycles. The summed E-state index contributed by atoms with van der Waals surface area (Å²) in [5.74, 6) is -0.0457. The van der Waals surface area contributed by atoms with Crippen molar-refractivity contribution >= 4 is 17.7 Å². The van der Waals surface area contributed by atoms with Crippen molar-refractivity contribution in [1.29, 1.82) is 0 Å². The maximum absolute atomic E-state index is 13.4. The Morgan fingerprint density at radius 3 is 2.93 bits per heavy atom. The van der Waals surface area contributed by atoms with Crippen LogP contribution in [-0.4, -0.2) is 59.6 Å². The number of alkyl halides is 1. The minimum absolute atomic E-state index is 0.0146. The Labute approximate surface area is 162 Å². The summed E-state index contributed by atoms with van der Waals surface area (Å²) in [4.78, 5) is 17.3. The first kappa shape index (κ1) is 18.4. The Balaban J connectivity index is 1.39. The van der Waals surface area contributed by atoms with Gasteiger partial charge in [0.25, 0.3) is 5.91 Å². The van der Waals surface area contributed by atoms with Crippen molar-refractivity contribution in [1.82, 2.24) is 20.4 Å². The van der Waals surface area contributed by atoms with Gasteiger partial charge in [0, 0.05) is 56.3 Å². The lowest BCUT2D eigenvalue weighted by molar-refractivity contribution is -0.125. The van der Waals surface area contributed by atoms with E-state index in [1.807, 2.05) is 6.20 Å². The summed E-state index contributed by atoms with van der Waals surface area (Å²) < 4.78 is 13.4. The van der Waals surface area contributed by atoms with Crippen LogP contribution in [0.3, 0.4) is 0 Å². The number of nitrogens with two attached hydrogens (primary N) is 2. The van der Waals surface area contributed by atoms with Crippen LogP contribution in [0.15, 0.2) is 46.4 Å². The highest BCUT2D eigenvalue weighted by Gasteiger charge is 2.37. The van der Waals surface area contributed by atoms with Crippen LogP contribution in [0.1, 0.15) is 12.8 Å². The molecule has 7 nitrogen and oxygen atoms in total. The minimum Gasteiger partial charge on any atom is -0.403 e. The van der Waals surface area contributed by atoms with Crippen LogP contribution < -0.4 is 22.1 Å². The number of hydrogen-bond donors (Lipinski definition) is 4. The van der Waals surface area contributed by atoms with Crippen LogP contribution in [-0.2, 0) is 4.79 Å². The summed E-state index contributed by atoms with van der Waals surface area (Å²) >= 11 is 1.52. The van der Waals surface area contributed by atoms with E-state index >= 15 is 0 Å². The summed E-state index contributed by atoms with van der Waals surface area (Å²) in [6.07, 6.45) is 8.14. The number of nitrogens with zero attached hydrogens (tertiary/aromatic N) is 2. The molecule has 4 heterocycles. The van der Waals surface area contributed by atoms with E-state index in [9.17, 15) is 9.18 Å². The van der Waals surface area contributed by atoms with Crippen LogP contribution >= 0.6 is 11.8 Å². The maximum Gasteiger partial charge on any atom is 0.266 e. The van der Waals surface area contributed by atoms with Crippen molar-refractivity contribution in [3.8, 4) is 0 Å². The van der Waals surface area contributed by atoms with Crippen LogP contribution in [0, 0.1) is 0 Å². The van der Waals surface area contributed by atoms with E-state index in [1.165, 1.54) is 18.0 Å². The maximum atomic E-state index is 13.4. The summed E-state index contributed by atoms with van der Waals surface area (Å²) in [7, 11) is 0. The second-order valence-corrected chi connectivity index (χ2v) is 8.13. The number of halogens is 1. The first-order valence-electron chi connectivity index (χ1n) is 9.22. The molecule has 9 heteroatoms. The third kappa shape index (κ3) is 3.46.